The molecule has 0 saturated heterocycles. The third-order valence-electron chi connectivity index (χ3n) is 2.83. The molecule has 0 aliphatic heterocycles. The number of sulfonamides is 1. The molecule has 0 atom stereocenters. The summed E-state index contributed by atoms with van der Waals surface area (Å²) in [5, 5.41) is 12.7. The van der Waals surface area contributed by atoms with Crippen molar-refractivity contribution >= 4 is 26.3 Å². The molecule has 110 valence electrons. The van der Waals surface area contributed by atoms with Crippen molar-refractivity contribution in [2.24, 2.45) is 0 Å². The van der Waals surface area contributed by atoms with Gasteiger partial charge in [0.25, 0.3) is 0 Å². The van der Waals surface area contributed by atoms with E-state index < -0.39 is 10.0 Å². The van der Waals surface area contributed by atoms with Gasteiger partial charge in [-0.25, -0.2) is 13.1 Å². The van der Waals surface area contributed by atoms with E-state index in [1.807, 2.05) is 18.2 Å². The Bertz CT molecular complexity index is 854. The van der Waals surface area contributed by atoms with Gasteiger partial charge in [-0.15, -0.1) is 10.2 Å². The number of rotatable bonds is 5. The third kappa shape index (κ3) is 3.26. The number of nitrogens with one attached hydrogen (secondary N) is 1. The van der Waals surface area contributed by atoms with Crippen LogP contribution in [0.25, 0.3) is 4.96 Å². The number of hydrogen-bond acceptors (Lipinski definition) is 6. The number of hydrogen-bond donors (Lipinski definition) is 1. The Labute approximate surface area is 125 Å². The minimum absolute atomic E-state index is 0.0447. The summed E-state index contributed by atoms with van der Waals surface area (Å²) in [6, 6.07) is 9.05. The average Bonchev–Trinajstić information content (AvgIpc) is 3.00. The van der Waals surface area contributed by atoms with E-state index in [2.05, 4.69) is 20.0 Å². The predicted octanol–water partition coefficient (Wildman–Crippen LogP) is 1.11. The Balaban J connectivity index is 1.68. The maximum atomic E-state index is 12.0. The molecule has 1 aromatic carbocycles. The second-order valence-electron chi connectivity index (χ2n) is 4.50. The van der Waals surface area contributed by atoms with E-state index in [0.717, 1.165) is 5.56 Å². The molecule has 0 unspecified atom stereocenters. The van der Waals surface area contributed by atoms with Crippen molar-refractivity contribution in [3.63, 3.8) is 0 Å². The van der Waals surface area contributed by atoms with E-state index in [9.17, 15) is 8.42 Å². The Kier molecular flexibility index (Phi) is 3.70. The van der Waals surface area contributed by atoms with Gasteiger partial charge in [0.05, 0.1) is 12.3 Å². The van der Waals surface area contributed by atoms with Crippen LogP contribution in [0.5, 0.6) is 0 Å². The Morgan fingerprint density at radius 3 is 2.71 bits per heavy atom. The van der Waals surface area contributed by atoms with Crippen LogP contribution in [-0.2, 0) is 22.3 Å². The van der Waals surface area contributed by atoms with E-state index in [1.54, 1.807) is 23.6 Å². The van der Waals surface area contributed by atoms with Crippen molar-refractivity contribution in [1.29, 1.82) is 0 Å². The summed E-state index contributed by atoms with van der Waals surface area (Å²) in [4.78, 5) is 0.657. The van der Waals surface area contributed by atoms with Crippen LogP contribution in [-0.4, -0.2) is 28.2 Å². The monoisotopic (exact) mass is 323 g/mol. The van der Waals surface area contributed by atoms with Crippen LogP contribution in [0.2, 0.25) is 0 Å². The molecule has 2 aromatic heterocycles. The van der Waals surface area contributed by atoms with Crippen molar-refractivity contribution in [2.75, 3.05) is 0 Å². The maximum Gasteiger partial charge on any atom is 0.234 e. The summed E-state index contributed by atoms with van der Waals surface area (Å²) in [6.07, 6.45) is 0. The lowest BCUT2D eigenvalue weighted by Crippen LogP contribution is -2.24. The predicted molar refractivity (Wildman–Crippen MR) is 79.3 cm³/mol. The molecule has 1 N–H and O–H groups in total. The topological polar surface area (TPSA) is 89.2 Å². The molecule has 0 aliphatic rings. The summed E-state index contributed by atoms with van der Waals surface area (Å²) < 4.78 is 28.2. The van der Waals surface area contributed by atoms with Gasteiger partial charge in [0.1, 0.15) is 5.01 Å². The lowest BCUT2D eigenvalue weighted by molar-refractivity contribution is 0.579. The third-order valence-corrected chi connectivity index (χ3v) is 5.03. The molecule has 7 nitrogen and oxygen atoms in total. The van der Waals surface area contributed by atoms with E-state index in [0.29, 0.717) is 15.8 Å². The van der Waals surface area contributed by atoms with Crippen LogP contribution in [0.1, 0.15) is 16.4 Å². The molecule has 0 fully saturated rings. The Morgan fingerprint density at radius 2 is 2.00 bits per heavy atom. The summed E-state index contributed by atoms with van der Waals surface area (Å²) in [5.41, 5.74) is 0.749. The minimum Gasteiger partial charge on any atom is -0.212 e. The highest BCUT2D eigenvalue weighted by atomic mass is 32.2. The van der Waals surface area contributed by atoms with Gasteiger partial charge in [-0.05, 0) is 12.5 Å². The van der Waals surface area contributed by atoms with E-state index in [1.165, 1.54) is 11.3 Å². The van der Waals surface area contributed by atoms with Crippen molar-refractivity contribution in [1.82, 2.24) is 24.5 Å². The molecular formula is C12H13N5O2S2. The fourth-order valence-electron chi connectivity index (χ4n) is 1.84. The van der Waals surface area contributed by atoms with Crippen molar-refractivity contribution in [2.45, 2.75) is 19.2 Å². The molecule has 0 radical (unpaired) electrons. The highest BCUT2D eigenvalue weighted by Gasteiger charge is 2.14. The molecule has 0 saturated carbocycles. The van der Waals surface area contributed by atoms with Gasteiger partial charge >= 0.3 is 0 Å². The quantitative estimate of drug-likeness (QED) is 0.760. The molecule has 0 aliphatic carbocycles. The molecule has 3 rings (SSSR count). The molecular weight excluding hydrogens is 310 g/mol. The summed E-state index contributed by atoms with van der Waals surface area (Å²) >= 11 is 1.32. The van der Waals surface area contributed by atoms with Crippen LogP contribution in [0, 0.1) is 6.92 Å². The second kappa shape index (κ2) is 5.51. The summed E-state index contributed by atoms with van der Waals surface area (Å²) in [6.45, 7) is 1.95. The van der Waals surface area contributed by atoms with E-state index >= 15 is 0 Å². The van der Waals surface area contributed by atoms with Gasteiger partial charge in [0, 0.05) is 0 Å². The number of nitrogens with zero attached hydrogens (tertiary/aromatic N) is 4. The zero-order valence-electron chi connectivity index (χ0n) is 11.2. The van der Waals surface area contributed by atoms with Gasteiger partial charge < -0.3 is 0 Å². The van der Waals surface area contributed by atoms with Gasteiger partial charge in [-0.1, -0.05) is 41.7 Å². The molecule has 0 bridgehead atoms. The standard InChI is InChI=1S/C12H13N5O2S2/c1-9-14-15-12-17(9)16-11(20-12)7-13-21(18,19)8-10-5-3-2-4-6-10/h2-6,13H,7-8H2,1H3. The highest BCUT2D eigenvalue weighted by Crippen LogP contribution is 2.14. The molecule has 0 spiro atoms. The average molecular weight is 323 g/mol. The van der Waals surface area contributed by atoms with Crippen LogP contribution in [0.3, 0.4) is 0 Å². The maximum absolute atomic E-state index is 12.0. The Hall–Kier alpha value is -1.84. The SMILES string of the molecule is Cc1nnc2sc(CNS(=O)(=O)Cc3ccccc3)nn12. The number of aromatic nitrogens is 4. The van der Waals surface area contributed by atoms with Crippen molar-refractivity contribution in [3.05, 3.63) is 46.7 Å². The van der Waals surface area contributed by atoms with Crippen molar-refractivity contribution < 1.29 is 8.42 Å². The minimum atomic E-state index is -3.39. The first kappa shape index (κ1) is 14.1. The summed E-state index contributed by atoms with van der Waals surface area (Å²) in [7, 11) is -3.39. The number of aryl methyl sites for hydroxylation is 1. The Morgan fingerprint density at radius 1 is 1.24 bits per heavy atom. The van der Waals surface area contributed by atoms with Crippen molar-refractivity contribution in [3.8, 4) is 0 Å². The van der Waals surface area contributed by atoms with Gasteiger partial charge in [0.15, 0.2) is 5.82 Å². The lowest BCUT2D eigenvalue weighted by atomic mass is 10.2. The fraction of sp³-hybridized carbons (Fsp3) is 0.250. The number of fused-ring (bicyclic) bond motifs is 1. The van der Waals surface area contributed by atoms with Crippen LogP contribution < -0.4 is 4.72 Å². The van der Waals surface area contributed by atoms with E-state index in [4.69, 9.17) is 0 Å². The molecule has 0 amide bonds. The van der Waals surface area contributed by atoms with Crippen LogP contribution in [0.15, 0.2) is 30.3 Å². The first-order chi connectivity index (χ1) is 10.0. The molecule has 2 heterocycles. The van der Waals surface area contributed by atoms with E-state index in [-0.39, 0.29) is 12.3 Å². The normalized spacial score (nSPS) is 12.0. The van der Waals surface area contributed by atoms with Crippen LogP contribution in [0.4, 0.5) is 0 Å². The first-order valence-electron chi connectivity index (χ1n) is 6.22. The smallest absolute Gasteiger partial charge is 0.212 e. The molecule has 9 heteroatoms. The number of benzene rings is 1. The van der Waals surface area contributed by atoms with Crippen LogP contribution >= 0.6 is 11.3 Å². The first-order valence-corrected chi connectivity index (χ1v) is 8.69. The summed E-state index contributed by atoms with van der Waals surface area (Å²) in [5.74, 6) is 0.636. The second-order valence-corrected chi connectivity index (χ2v) is 7.35. The molecule has 3 aromatic rings. The highest BCUT2D eigenvalue weighted by molar-refractivity contribution is 7.88. The largest absolute Gasteiger partial charge is 0.234 e. The molecule has 21 heavy (non-hydrogen) atoms. The lowest BCUT2D eigenvalue weighted by Gasteiger charge is -2.04. The van der Waals surface area contributed by atoms with Gasteiger partial charge in [-0.3, -0.25) is 0 Å². The fourth-order valence-corrected chi connectivity index (χ4v) is 3.84. The zero-order valence-corrected chi connectivity index (χ0v) is 12.9. The van der Waals surface area contributed by atoms with Gasteiger partial charge in [-0.2, -0.15) is 9.61 Å². The van der Waals surface area contributed by atoms with Gasteiger partial charge in [0.2, 0.25) is 15.0 Å². The zero-order chi connectivity index (χ0) is 14.9.